The van der Waals surface area contributed by atoms with Gasteiger partial charge in [0.1, 0.15) is 10.6 Å². The van der Waals surface area contributed by atoms with Gasteiger partial charge in [-0.15, -0.1) is 0 Å². The number of para-hydroxylation sites is 1. The van der Waals surface area contributed by atoms with E-state index < -0.39 is 10.0 Å². The van der Waals surface area contributed by atoms with Gasteiger partial charge in [0, 0.05) is 25.7 Å². The predicted octanol–water partition coefficient (Wildman–Crippen LogP) is 2.99. The van der Waals surface area contributed by atoms with Crippen LogP contribution in [0.25, 0.3) is 0 Å². The van der Waals surface area contributed by atoms with Gasteiger partial charge in [-0.25, -0.2) is 8.42 Å². The highest BCUT2D eigenvalue weighted by Gasteiger charge is 2.31. The predicted molar refractivity (Wildman–Crippen MR) is 95.3 cm³/mol. The number of nitrogens with zero attached hydrogens (tertiary/aromatic N) is 2. The smallest absolute Gasteiger partial charge is 0.265 e. The summed E-state index contributed by atoms with van der Waals surface area (Å²) in [5, 5.41) is 0.186. The highest BCUT2D eigenvalue weighted by atomic mass is 35.5. The second-order valence-corrected chi connectivity index (χ2v) is 7.98. The summed E-state index contributed by atoms with van der Waals surface area (Å²) in [6, 6.07) is 12.2. The lowest BCUT2D eigenvalue weighted by molar-refractivity contribution is 0.344. The number of anilines is 1. The van der Waals surface area contributed by atoms with E-state index >= 15 is 0 Å². The number of methoxy groups -OCH3 is 1. The molecule has 7 heteroatoms. The number of ether oxygens (including phenoxy) is 1. The molecule has 5 nitrogen and oxygen atoms in total. The Bertz CT molecular complexity index is 855. The first kappa shape index (κ1) is 17.1. The molecule has 128 valence electrons. The quantitative estimate of drug-likeness (QED) is 0.838. The number of sulfonamides is 1. The van der Waals surface area contributed by atoms with Gasteiger partial charge >= 0.3 is 0 Å². The lowest BCUT2D eigenvalue weighted by Gasteiger charge is -2.25. The first-order chi connectivity index (χ1) is 11.4. The molecule has 0 atom stereocenters. The SMILES string of the molecule is COc1ccc(Cl)c(S(=O)(=O)N2CCN(C)Cc3ccccc32)c1. The molecule has 0 fully saturated rings. The molecule has 0 saturated heterocycles. The van der Waals surface area contributed by atoms with Crippen LogP contribution in [-0.2, 0) is 16.6 Å². The molecule has 24 heavy (non-hydrogen) atoms. The Hall–Kier alpha value is -1.76. The fourth-order valence-electron chi connectivity index (χ4n) is 2.82. The Morgan fingerprint density at radius 3 is 2.62 bits per heavy atom. The largest absolute Gasteiger partial charge is 0.497 e. The van der Waals surface area contributed by atoms with Gasteiger partial charge in [0.15, 0.2) is 0 Å². The van der Waals surface area contributed by atoms with Gasteiger partial charge in [-0.2, -0.15) is 0 Å². The number of rotatable bonds is 3. The van der Waals surface area contributed by atoms with E-state index in [1.165, 1.54) is 17.5 Å². The Balaban J connectivity index is 2.13. The van der Waals surface area contributed by atoms with Crippen molar-refractivity contribution in [3.8, 4) is 5.75 Å². The molecule has 0 bridgehead atoms. The fourth-order valence-corrected chi connectivity index (χ4v) is 4.80. The van der Waals surface area contributed by atoms with E-state index in [1.807, 2.05) is 31.3 Å². The summed E-state index contributed by atoms with van der Waals surface area (Å²) in [6.45, 7) is 1.70. The molecule has 0 aliphatic carbocycles. The van der Waals surface area contributed by atoms with Crippen molar-refractivity contribution in [1.82, 2.24) is 4.90 Å². The number of fused-ring (bicyclic) bond motifs is 1. The number of hydrogen-bond donors (Lipinski definition) is 0. The summed E-state index contributed by atoms with van der Waals surface area (Å²) in [5.74, 6) is 0.457. The number of likely N-dealkylation sites (N-methyl/N-ethyl adjacent to an activating group) is 1. The molecule has 0 aromatic heterocycles. The van der Waals surface area contributed by atoms with E-state index in [0.29, 0.717) is 31.1 Å². The Labute approximate surface area is 147 Å². The molecule has 0 spiro atoms. The van der Waals surface area contributed by atoms with Crippen molar-refractivity contribution >= 4 is 27.3 Å². The number of halogens is 1. The zero-order valence-corrected chi connectivity index (χ0v) is 15.1. The number of hydrogen-bond acceptors (Lipinski definition) is 4. The third-order valence-corrected chi connectivity index (χ3v) is 6.39. The summed E-state index contributed by atoms with van der Waals surface area (Å²) >= 11 is 6.18. The van der Waals surface area contributed by atoms with Crippen LogP contribution < -0.4 is 9.04 Å². The average Bonchev–Trinajstić information content (AvgIpc) is 2.73. The number of benzene rings is 2. The van der Waals surface area contributed by atoms with Gasteiger partial charge in [0.05, 0.1) is 17.8 Å². The minimum atomic E-state index is -3.79. The molecule has 2 aromatic rings. The third-order valence-electron chi connectivity index (χ3n) is 4.09. The van der Waals surface area contributed by atoms with Crippen molar-refractivity contribution in [2.24, 2.45) is 0 Å². The van der Waals surface area contributed by atoms with E-state index in [-0.39, 0.29) is 9.92 Å². The van der Waals surface area contributed by atoms with Crippen LogP contribution in [0, 0.1) is 0 Å². The highest BCUT2D eigenvalue weighted by molar-refractivity contribution is 7.93. The molecule has 1 aliphatic heterocycles. The summed E-state index contributed by atoms with van der Waals surface area (Å²) < 4.78 is 33.1. The molecule has 1 aliphatic rings. The van der Waals surface area contributed by atoms with Crippen molar-refractivity contribution < 1.29 is 13.2 Å². The molecule has 0 amide bonds. The van der Waals surface area contributed by atoms with Gasteiger partial charge in [-0.3, -0.25) is 4.31 Å². The van der Waals surface area contributed by atoms with Crippen molar-refractivity contribution in [1.29, 1.82) is 0 Å². The monoisotopic (exact) mass is 366 g/mol. The van der Waals surface area contributed by atoms with Crippen LogP contribution in [-0.4, -0.2) is 40.6 Å². The summed E-state index contributed by atoms with van der Waals surface area (Å²) in [5.41, 5.74) is 1.67. The Morgan fingerprint density at radius 1 is 1.12 bits per heavy atom. The van der Waals surface area contributed by atoms with Crippen molar-refractivity contribution in [3.05, 3.63) is 53.1 Å². The molecular formula is C17H19ClN2O3S. The second kappa shape index (κ2) is 6.63. The molecule has 3 rings (SSSR count). The van der Waals surface area contributed by atoms with Crippen LogP contribution in [0.3, 0.4) is 0 Å². The van der Waals surface area contributed by atoms with Crippen LogP contribution in [0.4, 0.5) is 5.69 Å². The normalized spacial score (nSPS) is 15.7. The molecule has 0 N–H and O–H groups in total. The van der Waals surface area contributed by atoms with Crippen LogP contribution in [0.5, 0.6) is 5.75 Å². The molecular weight excluding hydrogens is 348 g/mol. The molecule has 0 radical (unpaired) electrons. The van der Waals surface area contributed by atoms with Crippen LogP contribution in [0.2, 0.25) is 5.02 Å². The maximum Gasteiger partial charge on any atom is 0.265 e. The van der Waals surface area contributed by atoms with Crippen LogP contribution >= 0.6 is 11.6 Å². The van der Waals surface area contributed by atoms with Gasteiger partial charge < -0.3 is 9.64 Å². The highest BCUT2D eigenvalue weighted by Crippen LogP contribution is 2.34. The Kier molecular flexibility index (Phi) is 4.71. The Morgan fingerprint density at radius 2 is 1.88 bits per heavy atom. The zero-order valence-electron chi connectivity index (χ0n) is 13.6. The van der Waals surface area contributed by atoms with Gasteiger partial charge in [0.2, 0.25) is 0 Å². The fraction of sp³-hybridized carbons (Fsp3) is 0.294. The molecule has 0 saturated carbocycles. The van der Waals surface area contributed by atoms with Gasteiger partial charge in [0.25, 0.3) is 10.0 Å². The van der Waals surface area contributed by atoms with Crippen LogP contribution in [0.1, 0.15) is 5.56 Å². The lowest BCUT2D eigenvalue weighted by Crippen LogP contribution is -2.35. The van der Waals surface area contributed by atoms with Crippen molar-refractivity contribution in [2.75, 3.05) is 31.6 Å². The second-order valence-electron chi connectivity index (χ2n) is 5.74. The lowest BCUT2D eigenvalue weighted by atomic mass is 10.2. The van der Waals surface area contributed by atoms with E-state index in [4.69, 9.17) is 16.3 Å². The average molecular weight is 367 g/mol. The van der Waals surface area contributed by atoms with E-state index in [2.05, 4.69) is 4.90 Å². The zero-order chi connectivity index (χ0) is 17.3. The standard InChI is InChI=1S/C17H19ClN2O3S/c1-19-9-10-20(16-6-4-3-5-13(16)12-19)24(21,22)17-11-14(23-2)7-8-15(17)18/h3-8,11H,9-10,12H2,1-2H3. The topological polar surface area (TPSA) is 49.9 Å². The first-order valence-electron chi connectivity index (χ1n) is 7.56. The maximum atomic E-state index is 13.3. The minimum absolute atomic E-state index is 0.0582. The van der Waals surface area contributed by atoms with Crippen molar-refractivity contribution in [3.63, 3.8) is 0 Å². The molecule has 0 unspecified atom stereocenters. The first-order valence-corrected chi connectivity index (χ1v) is 9.38. The van der Waals surface area contributed by atoms with E-state index in [1.54, 1.807) is 12.1 Å². The summed E-state index contributed by atoms with van der Waals surface area (Å²) in [6.07, 6.45) is 0. The summed E-state index contributed by atoms with van der Waals surface area (Å²) in [4.78, 5) is 2.16. The van der Waals surface area contributed by atoms with E-state index in [0.717, 1.165) is 5.56 Å². The van der Waals surface area contributed by atoms with Crippen LogP contribution in [0.15, 0.2) is 47.4 Å². The molecule has 2 aromatic carbocycles. The van der Waals surface area contributed by atoms with Crippen molar-refractivity contribution in [2.45, 2.75) is 11.4 Å². The third kappa shape index (κ3) is 3.09. The van der Waals surface area contributed by atoms with Gasteiger partial charge in [-0.05, 0) is 30.8 Å². The summed E-state index contributed by atoms with van der Waals surface area (Å²) in [7, 11) is -0.317. The van der Waals surface area contributed by atoms with E-state index in [9.17, 15) is 8.42 Å². The maximum absolute atomic E-state index is 13.3. The minimum Gasteiger partial charge on any atom is -0.497 e. The van der Waals surface area contributed by atoms with Gasteiger partial charge in [-0.1, -0.05) is 29.8 Å². The molecule has 1 heterocycles.